The van der Waals surface area contributed by atoms with E-state index in [0.29, 0.717) is 40.1 Å². The van der Waals surface area contributed by atoms with Crippen molar-refractivity contribution in [3.63, 3.8) is 0 Å². The number of methoxy groups -OCH3 is 1. The second-order valence-electron chi connectivity index (χ2n) is 5.73. The van der Waals surface area contributed by atoms with Gasteiger partial charge in [-0.3, -0.25) is 0 Å². The Morgan fingerprint density at radius 1 is 1.20 bits per heavy atom. The van der Waals surface area contributed by atoms with E-state index in [1.54, 1.807) is 7.11 Å². The SMILES string of the molecule is CCCCCCOc1ccc(-c2nc(CC)c(C(=O)O)s2)cc1OC. The highest BCUT2D eigenvalue weighted by Crippen LogP contribution is 2.35. The van der Waals surface area contributed by atoms with Crippen molar-refractivity contribution >= 4 is 17.3 Å². The average Bonchev–Trinajstić information content (AvgIpc) is 3.06. The smallest absolute Gasteiger partial charge is 0.347 e. The summed E-state index contributed by atoms with van der Waals surface area (Å²) in [6, 6.07) is 5.61. The lowest BCUT2D eigenvalue weighted by molar-refractivity contribution is 0.0701. The Kier molecular flexibility index (Phi) is 7.25. The number of aromatic nitrogens is 1. The molecule has 0 unspecified atom stereocenters. The minimum Gasteiger partial charge on any atom is -0.493 e. The van der Waals surface area contributed by atoms with E-state index in [0.717, 1.165) is 18.4 Å². The third-order valence-corrected chi connectivity index (χ3v) is 5.03. The van der Waals surface area contributed by atoms with Crippen molar-refractivity contribution in [2.24, 2.45) is 0 Å². The summed E-state index contributed by atoms with van der Waals surface area (Å²) >= 11 is 1.19. The fourth-order valence-electron chi connectivity index (χ4n) is 2.51. The van der Waals surface area contributed by atoms with Gasteiger partial charge in [0.2, 0.25) is 0 Å². The molecule has 0 saturated carbocycles. The lowest BCUT2D eigenvalue weighted by atomic mass is 10.2. The second kappa shape index (κ2) is 9.42. The van der Waals surface area contributed by atoms with E-state index >= 15 is 0 Å². The molecular weight excluding hydrogens is 338 g/mol. The van der Waals surface area contributed by atoms with Gasteiger partial charge in [0.05, 0.1) is 19.4 Å². The zero-order valence-electron chi connectivity index (χ0n) is 15.0. The Bertz CT molecular complexity index is 711. The number of carboxylic acid groups (broad SMARTS) is 1. The molecule has 0 saturated heterocycles. The number of carbonyl (C=O) groups is 1. The predicted molar refractivity (Wildman–Crippen MR) is 100 cm³/mol. The fraction of sp³-hybridized carbons (Fsp3) is 0.474. The van der Waals surface area contributed by atoms with Crippen LogP contribution < -0.4 is 9.47 Å². The highest BCUT2D eigenvalue weighted by atomic mass is 32.1. The molecule has 0 bridgehead atoms. The maximum Gasteiger partial charge on any atom is 0.347 e. The van der Waals surface area contributed by atoms with Crippen LogP contribution in [0.1, 0.15) is 54.9 Å². The van der Waals surface area contributed by atoms with Gasteiger partial charge in [-0.1, -0.05) is 33.1 Å². The number of aromatic carboxylic acids is 1. The van der Waals surface area contributed by atoms with Crippen LogP contribution in [0.3, 0.4) is 0 Å². The van der Waals surface area contributed by atoms with Gasteiger partial charge in [-0.2, -0.15) is 0 Å². The molecule has 1 aromatic carbocycles. The third kappa shape index (κ3) is 4.95. The molecule has 5 nitrogen and oxygen atoms in total. The molecule has 0 atom stereocenters. The van der Waals surface area contributed by atoms with Crippen LogP contribution in [0.15, 0.2) is 18.2 Å². The average molecular weight is 363 g/mol. The van der Waals surface area contributed by atoms with E-state index in [-0.39, 0.29) is 0 Å². The molecule has 2 aromatic rings. The first kappa shape index (κ1) is 19.2. The largest absolute Gasteiger partial charge is 0.493 e. The Labute approximate surface area is 152 Å². The van der Waals surface area contributed by atoms with Crippen LogP contribution in [-0.2, 0) is 6.42 Å². The van der Waals surface area contributed by atoms with Crippen molar-refractivity contribution in [3.05, 3.63) is 28.8 Å². The van der Waals surface area contributed by atoms with Crippen LogP contribution in [0.4, 0.5) is 0 Å². The number of unbranched alkanes of at least 4 members (excludes halogenated alkanes) is 3. The summed E-state index contributed by atoms with van der Waals surface area (Å²) in [4.78, 5) is 16.1. The number of nitrogens with zero attached hydrogens (tertiary/aromatic N) is 1. The molecule has 1 N–H and O–H groups in total. The quantitative estimate of drug-likeness (QED) is 0.599. The number of benzene rings is 1. The number of aryl methyl sites for hydroxylation is 1. The minimum atomic E-state index is -0.931. The first-order chi connectivity index (χ1) is 12.1. The summed E-state index contributed by atoms with van der Waals surface area (Å²) in [5.41, 5.74) is 1.45. The fourth-order valence-corrected chi connectivity index (χ4v) is 3.50. The topological polar surface area (TPSA) is 68.7 Å². The molecule has 2 rings (SSSR count). The molecule has 136 valence electrons. The molecule has 0 aliphatic heterocycles. The monoisotopic (exact) mass is 363 g/mol. The van der Waals surface area contributed by atoms with Crippen molar-refractivity contribution < 1.29 is 19.4 Å². The first-order valence-electron chi connectivity index (χ1n) is 8.64. The van der Waals surface area contributed by atoms with Crippen molar-refractivity contribution in [2.75, 3.05) is 13.7 Å². The van der Waals surface area contributed by atoms with Gasteiger partial charge in [0, 0.05) is 5.56 Å². The second-order valence-corrected chi connectivity index (χ2v) is 6.73. The molecule has 0 fully saturated rings. The van der Waals surface area contributed by atoms with Crippen molar-refractivity contribution in [2.45, 2.75) is 46.0 Å². The van der Waals surface area contributed by atoms with E-state index in [1.165, 1.54) is 24.2 Å². The molecule has 0 aliphatic rings. The van der Waals surface area contributed by atoms with Gasteiger partial charge in [-0.25, -0.2) is 9.78 Å². The van der Waals surface area contributed by atoms with Gasteiger partial charge >= 0.3 is 5.97 Å². The summed E-state index contributed by atoms with van der Waals surface area (Å²) in [5.74, 6) is 0.409. The zero-order chi connectivity index (χ0) is 18.2. The van der Waals surface area contributed by atoms with E-state index in [2.05, 4.69) is 11.9 Å². The number of ether oxygens (including phenoxy) is 2. The summed E-state index contributed by atoms with van der Waals surface area (Å²) in [6.07, 6.45) is 5.19. The van der Waals surface area contributed by atoms with Crippen molar-refractivity contribution in [3.8, 4) is 22.1 Å². The number of hydrogen-bond donors (Lipinski definition) is 1. The first-order valence-corrected chi connectivity index (χ1v) is 9.46. The van der Waals surface area contributed by atoms with Crippen LogP contribution in [0, 0.1) is 0 Å². The Morgan fingerprint density at radius 2 is 2.00 bits per heavy atom. The van der Waals surface area contributed by atoms with Crippen molar-refractivity contribution in [1.29, 1.82) is 0 Å². The van der Waals surface area contributed by atoms with Gasteiger partial charge in [0.25, 0.3) is 0 Å². The Morgan fingerprint density at radius 3 is 2.60 bits per heavy atom. The number of rotatable bonds is 10. The standard InChI is InChI=1S/C19H25NO4S/c1-4-6-7-8-11-24-15-10-9-13(12-16(15)23-3)18-20-14(5-2)17(25-18)19(21)22/h9-10,12H,4-8,11H2,1-3H3,(H,21,22). The van der Waals surface area contributed by atoms with Gasteiger partial charge < -0.3 is 14.6 Å². The Balaban J connectivity index is 2.16. The van der Waals surface area contributed by atoms with Gasteiger partial charge in [0.1, 0.15) is 9.88 Å². The maximum absolute atomic E-state index is 11.3. The predicted octanol–water partition coefficient (Wildman–Crippen LogP) is 5.04. The van der Waals surface area contributed by atoms with Crippen LogP contribution in [0.5, 0.6) is 11.5 Å². The lowest BCUT2D eigenvalue weighted by Gasteiger charge is -2.11. The van der Waals surface area contributed by atoms with E-state index in [9.17, 15) is 9.90 Å². The van der Waals surface area contributed by atoms with Gasteiger partial charge in [-0.05, 0) is 31.0 Å². The van der Waals surface area contributed by atoms with Crippen LogP contribution >= 0.6 is 11.3 Å². The van der Waals surface area contributed by atoms with Crippen molar-refractivity contribution in [1.82, 2.24) is 4.98 Å². The molecule has 1 aromatic heterocycles. The van der Waals surface area contributed by atoms with E-state index in [4.69, 9.17) is 9.47 Å². The molecule has 1 heterocycles. The number of hydrogen-bond acceptors (Lipinski definition) is 5. The third-order valence-electron chi connectivity index (χ3n) is 3.89. The Hall–Kier alpha value is -2.08. The zero-order valence-corrected chi connectivity index (χ0v) is 15.8. The molecule has 0 spiro atoms. The minimum absolute atomic E-state index is 0.299. The highest BCUT2D eigenvalue weighted by Gasteiger charge is 2.18. The van der Waals surface area contributed by atoms with Gasteiger partial charge in [-0.15, -0.1) is 11.3 Å². The highest BCUT2D eigenvalue weighted by molar-refractivity contribution is 7.17. The molecule has 0 aliphatic carbocycles. The van der Waals surface area contributed by atoms with E-state index < -0.39 is 5.97 Å². The summed E-state index contributed by atoms with van der Waals surface area (Å²) in [6.45, 7) is 4.75. The molecule has 0 amide bonds. The molecule has 0 radical (unpaired) electrons. The molecule has 25 heavy (non-hydrogen) atoms. The molecular formula is C19H25NO4S. The number of thiazole rings is 1. The van der Waals surface area contributed by atoms with Crippen LogP contribution in [-0.4, -0.2) is 29.8 Å². The maximum atomic E-state index is 11.3. The number of carboxylic acids is 1. The van der Waals surface area contributed by atoms with E-state index in [1.807, 2.05) is 25.1 Å². The summed E-state index contributed by atoms with van der Waals surface area (Å²) < 4.78 is 11.2. The molecule has 6 heteroatoms. The summed E-state index contributed by atoms with van der Waals surface area (Å²) in [7, 11) is 1.60. The van der Waals surface area contributed by atoms with Crippen LogP contribution in [0.2, 0.25) is 0 Å². The normalized spacial score (nSPS) is 10.7. The lowest BCUT2D eigenvalue weighted by Crippen LogP contribution is -1.99. The summed E-state index contributed by atoms with van der Waals surface area (Å²) in [5, 5.41) is 9.97. The van der Waals surface area contributed by atoms with Gasteiger partial charge in [0.15, 0.2) is 11.5 Å². The van der Waals surface area contributed by atoms with Crippen LogP contribution in [0.25, 0.3) is 10.6 Å².